The third-order valence-corrected chi connectivity index (χ3v) is 8.75. The highest BCUT2D eigenvalue weighted by Gasteiger charge is 2.42. The van der Waals surface area contributed by atoms with Gasteiger partial charge in [-0.05, 0) is 82.4 Å². The van der Waals surface area contributed by atoms with Gasteiger partial charge in [-0.3, -0.25) is 4.79 Å². The van der Waals surface area contributed by atoms with Gasteiger partial charge in [0.2, 0.25) is 0 Å². The average molecular weight is 572 g/mol. The van der Waals surface area contributed by atoms with E-state index in [9.17, 15) is 25.2 Å². The standard InChI is InChI=1S/C33H49NO5S/c1-22(15-16-29(36)24(3)19-27-21-40-25(4)34-27)11-10-12-23(2)31(38)28(20-26-13-8-7-9-14-26)32(39)33(5,6)30(37)17-18-35/h7-9,13-15,19,21,23,28-31,35-38H,10-12,16-18,20H2,1-6H3/t23-,28-,29-,30-,31+/m0/s1. The fraction of sp³-hybridized carbons (Fsp3) is 0.576. The van der Waals surface area contributed by atoms with Crippen molar-refractivity contribution in [3.8, 4) is 0 Å². The number of aliphatic hydroxyl groups is 4. The second-order valence-corrected chi connectivity index (χ2v) is 12.8. The van der Waals surface area contributed by atoms with Crippen molar-refractivity contribution in [2.45, 2.75) is 98.4 Å². The van der Waals surface area contributed by atoms with E-state index in [0.29, 0.717) is 12.8 Å². The Morgan fingerprint density at radius 3 is 2.38 bits per heavy atom. The van der Waals surface area contributed by atoms with Crippen LogP contribution in [0, 0.1) is 24.2 Å². The van der Waals surface area contributed by atoms with Gasteiger partial charge in [-0.25, -0.2) is 4.98 Å². The lowest BCUT2D eigenvalue weighted by atomic mass is 9.70. The second kappa shape index (κ2) is 16.3. The van der Waals surface area contributed by atoms with Crippen LogP contribution in [0.3, 0.4) is 0 Å². The highest BCUT2D eigenvalue weighted by molar-refractivity contribution is 7.09. The summed E-state index contributed by atoms with van der Waals surface area (Å²) in [6, 6.07) is 9.66. The summed E-state index contributed by atoms with van der Waals surface area (Å²) in [5.74, 6) is -0.963. The molecule has 222 valence electrons. The number of aliphatic hydroxyl groups excluding tert-OH is 4. The molecule has 0 saturated heterocycles. The van der Waals surface area contributed by atoms with E-state index in [1.165, 1.54) is 5.57 Å². The molecule has 7 heteroatoms. The molecule has 2 rings (SSSR count). The van der Waals surface area contributed by atoms with E-state index in [-0.39, 0.29) is 24.7 Å². The summed E-state index contributed by atoms with van der Waals surface area (Å²) in [6.45, 7) is 11.1. The first-order valence-corrected chi connectivity index (χ1v) is 15.2. The zero-order valence-corrected chi connectivity index (χ0v) is 25.8. The maximum Gasteiger partial charge on any atom is 0.147 e. The van der Waals surface area contributed by atoms with Crippen LogP contribution in [0.5, 0.6) is 0 Å². The van der Waals surface area contributed by atoms with Gasteiger partial charge < -0.3 is 20.4 Å². The Kier molecular flexibility index (Phi) is 13.9. The van der Waals surface area contributed by atoms with Crippen molar-refractivity contribution in [3.63, 3.8) is 0 Å². The first-order chi connectivity index (χ1) is 18.9. The molecule has 4 N–H and O–H groups in total. The molecule has 0 unspecified atom stereocenters. The van der Waals surface area contributed by atoms with E-state index in [0.717, 1.165) is 41.1 Å². The molecular formula is C33H49NO5S. The SMILES string of the molecule is CC(=CC[C@H](O)C(C)=Cc1csc(C)n1)CCC[C@H](C)[C@@H](O)[C@H](Cc1ccccc1)C(=O)C(C)(C)[C@@H](O)CCO. The lowest BCUT2D eigenvalue weighted by molar-refractivity contribution is -0.143. The van der Waals surface area contributed by atoms with Crippen molar-refractivity contribution >= 4 is 23.2 Å². The van der Waals surface area contributed by atoms with Gasteiger partial charge in [0.05, 0.1) is 29.0 Å². The number of carbonyl (C=O) groups is 1. The van der Waals surface area contributed by atoms with Gasteiger partial charge >= 0.3 is 0 Å². The van der Waals surface area contributed by atoms with Crippen molar-refractivity contribution in [3.05, 3.63) is 69.2 Å². The summed E-state index contributed by atoms with van der Waals surface area (Å²) in [5.41, 5.74) is 2.82. The normalized spacial score (nSPS) is 16.9. The number of hydrogen-bond acceptors (Lipinski definition) is 7. The zero-order valence-electron chi connectivity index (χ0n) is 25.0. The van der Waals surface area contributed by atoms with Crippen LogP contribution in [-0.4, -0.2) is 56.1 Å². The molecule has 0 aliphatic rings. The molecule has 1 aromatic heterocycles. The number of aromatic nitrogens is 1. The summed E-state index contributed by atoms with van der Waals surface area (Å²) >= 11 is 1.59. The second-order valence-electron chi connectivity index (χ2n) is 11.8. The maximum atomic E-state index is 13.7. The number of ketones is 1. The molecule has 0 aliphatic heterocycles. The molecule has 0 amide bonds. The summed E-state index contributed by atoms with van der Waals surface area (Å²) in [5, 5.41) is 44.8. The Morgan fingerprint density at radius 1 is 1.10 bits per heavy atom. The van der Waals surface area contributed by atoms with Crippen molar-refractivity contribution in [2.24, 2.45) is 17.3 Å². The lowest BCUT2D eigenvalue weighted by Gasteiger charge is -2.36. The van der Waals surface area contributed by atoms with Crippen molar-refractivity contribution in [2.75, 3.05) is 6.61 Å². The number of thiazole rings is 1. The molecule has 40 heavy (non-hydrogen) atoms. The van der Waals surface area contributed by atoms with Gasteiger partial charge in [-0.2, -0.15) is 0 Å². The number of hydrogen-bond donors (Lipinski definition) is 4. The smallest absolute Gasteiger partial charge is 0.147 e. The predicted octanol–water partition coefficient (Wildman–Crippen LogP) is 5.92. The molecule has 1 heterocycles. The Hall–Kier alpha value is -2.16. The monoisotopic (exact) mass is 571 g/mol. The number of carbonyl (C=O) groups excluding carboxylic acids is 1. The molecule has 0 fully saturated rings. The van der Waals surface area contributed by atoms with E-state index in [1.807, 2.05) is 62.6 Å². The van der Waals surface area contributed by atoms with Gasteiger partial charge in [0, 0.05) is 23.3 Å². The minimum atomic E-state index is -1.09. The molecule has 0 aliphatic carbocycles. The minimum Gasteiger partial charge on any atom is -0.396 e. The highest BCUT2D eigenvalue weighted by atomic mass is 32.1. The maximum absolute atomic E-state index is 13.7. The summed E-state index contributed by atoms with van der Waals surface area (Å²) in [4.78, 5) is 18.1. The van der Waals surface area contributed by atoms with Gasteiger partial charge in [0.15, 0.2) is 0 Å². The van der Waals surface area contributed by atoms with Crippen molar-refractivity contribution < 1.29 is 25.2 Å². The summed E-state index contributed by atoms with van der Waals surface area (Å²) in [7, 11) is 0. The van der Waals surface area contributed by atoms with Crippen LogP contribution in [0.4, 0.5) is 0 Å². The molecule has 5 atom stereocenters. The number of aryl methyl sites for hydroxylation is 1. The minimum absolute atomic E-state index is 0.114. The van der Waals surface area contributed by atoms with Gasteiger partial charge in [-0.15, -0.1) is 11.3 Å². The van der Waals surface area contributed by atoms with Crippen molar-refractivity contribution in [1.82, 2.24) is 4.98 Å². The van der Waals surface area contributed by atoms with E-state index < -0.39 is 29.6 Å². The topological polar surface area (TPSA) is 111 Å². The Labute approximate surface area is 244 Å². The van der Waals surface area contributed by atoms with E-state index in [4.69, 9.17) is 0 Å². The molecule has 0 spiro atoms. The fourth-order valence-corrected chi connectivity index (χ4v) is 5.58. The third kappa shape index (κ3) is 10.3. The van der Waals surface area contributed by atoms with Crippen LogP contribution in [0.1, 0.15) is 83.0 Å². The van der Waals surface area contributed by atoms with E-state index in [2.05, 4.69) is 18.0 Å². The van der Waals surface area contributed by atoms with Crippen LogP contribution in [0.15, 0.2) is 52.9 Å². The highest BCUT2D eigenvalue weighted by Crippen LogP contribution is 2.33. The van der Waals surface area contributed by atoms with Gasteiger partial charge in [0.1, 0.15) is 5.78 Å². The predicted molar refractivity (Wildman–Crippen MR) is 164 cm³/mol. The zero-order chi connectivity index (χ0) is 29.9. The number of Topliss-reactive ketones (excluding diaryl/α,β-unsaturated/α-hetero) is 1. The Bertz CT molecular complexity index is 1110. The van der Waals surface area contributed by atoms with E-state index >= 15 is 0 Å². The number of allylic oxidation sites excluding steroid dienone is 1. The molecule has 2 aromatic rings. The molecule has 6 nitrogen and oxygen atoms in total. The number of rotatable bonds is 17. The van der Waals surface area contributed by atoms with Crippen LogP contribution < -0.4 is 0 Å². The largest absolute Gasteiger partial charge is 0.396 e. The fourth-order valence-electron chi connectivity index (χ4n) is 5.01. The molecular weight excluding hydrogens is 522 g/mol. The summed E-state index contributed by atoms with van der Waals surface area (Å²) in [6.07, 6.45) is 5.07. The quantitative estimate of drug-likeness (QED) is 0.176. The molecule has 1 aromatic carbocycles. The van der Waals surface area contributed by atoms with Crippen LogP contribution >= 0.6 is 11.3 Å². The van der Waals surface area contributed by atoms with Crippen molar-refractivity contribution in [1.29, 1.82) is 0 Å². The molecule has 0 bridgehead atoms. The van der Waals surface area contributed by atoms with Crippen LogP contribution in [-0.2, 0) is 11.2 Å². The average Bonchev–Trinajstić information content (AvgIpc) is 3.34. The van der Waals surface area contributed by atoms with Gasteiger partial charge in [-0.1, -0.05) is 62.8 Å². The Morgan fingerprint density at radius 2 is 1.77 bits per heavy atom. The van der Waals surface area contributed by atoms with Crippen LogP contribution in [0.2, 0.25) is 0 Å². The first kappa shape index (κ1) is 34.0. The Balaban J connectivity index is 1.99. The summed E-state index contributed by atoms with van der Waals surface area (Å²) < 4.78 is 0. The lowest BCUT2D eigenvalue weighted by Crippen LogP contribution is -2.46. The number of benzene rings is 1. The van der Waals surface area contributed by atoms with E-state index in [1.54, 1.807) is 25.2 Å². The number of nitrogens with zero attached hydrogens (tertiary/aromatic N) is 1. The first-order valence-electron chi connectivity index (χ1n) is 14.4. The third-order valence-electron chi connectivity index (χ3n) is 7.96. The van der Waals surface area contributed by atoms with Gasteiger partial charge in [0.25, 0.3) is 0 Å². The molecule has 0 saturated carbocycles. The van der Waals surface area contributed by atoms with Crippen LogP contribution in [0.25, 0.3) is 6.08 Å². The molecule has 0 radical (unpaired) electrons.